The third-order valence-electron chi connectivity index (χ3n) is 1.75. The number of hydrogen-bond donors (Lipinski definition) is 2. The van der Waals surface area contributed by atoms with Gasteiger partial charge in [-0.1, -0.05) is 0 Å². The smallest absolute Gasteiger partial charge is 0.322 e. The molecule has 0 aliphatic carbocycles. The fraction of sp³-hybridized carbons (Fsp3) is 0.667. The number of nitrogens with one attached hydrogen (secondary N) is 1. The lowest BCUT2D eigenvalue weighted by molar-refractivity contribution is -0.158. The number of rotatable bonds is 7. The molecule has 0 spiro atoms. The summed E-state index contributed by atoms with van der Waals surface area (Å²) in [6, 6.07) is 0. The summed E-state index contributed by atoms with van der Waals surface area (Å²) in [4.78, 5) is 43.7. The molecule has 0 rings (SSSR count). The summed E-state index contributed by atoms with van der Waals surface area (Å²) in [5.41, 5.74) is -0.627. The van der Waals surface area contributed by atoms with Gasteiger partial charge >= 0.3 is 17.9 Å². The summed E-state index contributed by atoms with van der Waals surface area (Å²) >= 11 is 0. The highest BCUT2D eigenvalue weighted by molar-refractivity contribution is 5.84. The highest BCUT2D eigenvalue weighted by Gasteiger charge is 2.17. The van der Waals surface area contributed by atoms with Crippen LogP contribution in [0, 0.1) is 0 Å². The van der Waals surface area contributed by atoms with Crippen LogP contribution in [0.3, 0.4) is 0 Å². The first-order valence-corrected chi connectivity index (χ1v) is 5.96. The van der Waals surface area contributed by atoms with E-state index >= 15 is 0 Å². The third-order valence-corrected chi connectivity index (χ3v) is 1.75. The van der Waals surface area contributed by atoms with E-state index in [2.05, 4.69) is 4.74 Å². The standard InChI is InChI=1S/C12H19NO7/c1-12(2,3)20-11(18)5-4-10(17)19-7-8(14)13-6-9(15)16/h4-7H2,1-3H3,(H,13,14)(H,15,16). The molecule has 0 radical (unpaired) electrons. The minimum atomic E-state index is -1.20. The van der Waals surface area contributed by atoms with E-state index in [9.17, 15) is 19.2 Å². The van der Waals surface area contributed by atoms with Crippen LogP contribution < -0.4 is 5.32 Å². The Labute approximate surface area is 116 Å². The maximum atomic E-state index is 11.3. The minimum absolute atomic E-state index is 0.146. The largest absolute Gasteiger partial charge is 0.480 e. The number of esters is 2. The first-order chi connectivity index (χ1) is 9.10. The van der Waals surface area contributed by atoms with Gasteiger partial charge in [-0.3, -0.25) is 19.2 Å². The minimum Gasteiger partial charge on any atom is -0.480 e. The highest BCUT2D eigenvalue weighted by atomic mass is 16.6. The zero-order valence-electron chi connectivity index (χ0n) is 11.7. The van der Waals surface area contributed by atoms with E-state index in [4.69, 9.17) is 9.84 Å². The van der Waals surface area contributed by atoms with Gasteiger partial charge in [0.05, 0.1) is 12.8 Å². The van der Waals surface area contributed by atoms with Crippen molar-refractivity contribution in [1.29, 1.82) is 0 Å². The number of hydrogen-bond acceptors (Lipinski definition) is 6. The molecule has 0 unspecified atom stereocenters. The van der Waals surface area contributed by atoms with Crippen LogP contribution >= 0.6 is 0 Å². The van der Waals surface area contributed by atoms with Gasteiger partial charge in [-0.15, -0.1) is 0 Å². The van der Waals surface area contributed by atoms with E-state index in [-0.39, 0.29) is 12.8 Å². The van der Waals surface area contributed by atoms with Crippen LogP contribution in [0.15, 0.2) is 0 Å². The molecule has 114 valence electrons. The SMILES string of the molecule is CC(C)(C)OC(=O)CCC(=O)OCC(=O)NCC(=O)O. The molecule has 0 aliphatic heterocycles. The van der Waals surface area contributed by atoms with E-state index in [1.807, 2.05) is 5.32 Å². The van der Waals surface area contributed by atoms with Crippen LogP contribution in [0.5, 0.6) is 0 Å². The predicted molar refractivity (Wildman–Crippen MR) is 66.7 cm³/mol. The maximum absolute atomic E-state index is 11.3. The van der Waals surface area contributed by atoms with Gasteiger partial charge in [-0.25, -0.2) is 0 Å². The Morgan fingerprint density at radius 3 is 2.10 bits per heavy atom. The van der Waals surface area contributed by atoms with Crippen molar-refractivity contribution in [3.8, 4) is 0 Å². The number of carbonyl (C=O) groups excluding carboxylic acids is 3. The van der Waals surface area contributed by atoms with Crippen LogP contribution in [-0.2, 0) is 28.7 Å². The molecule has 0 fully saturated rings. The van der Waals surface area contributed by atoms with Crippen LogP contribution in [-0.4, -0.2) is 47.7 Å². The maximum Gasteiger partial charge on any atom is 0.322 e. The lowest BCUT2D eigenvalue weighted by Gasteiger charge is -2.19. The fourth-order valence-corrected chi connectivity index (χ4v) is 1.04. The van der Waals surface area contributed by atoms with Crippen LogP contribution in [0.4, 0.5) is 0 Å². The molecule has 0 atom stereocenters. The molecule has 20 heavy (non-hydrogen) atoms. The molecular formula is C12H19NO7. The molecular weight excluding hydrogens is 270 g/mol. The number of carboxylic acids is 1. The first-order valence-electron chi connectivity index (χ1n) is 5.96. The number of aliphatic carboxylic acids is 1. The van der Waals surface area contributed by atoms with E-state index in [1.165, 1.54) is 0 Å². The molecule has 2 N–H and O–H groups in total. The Balaban J connectivity index is 3.81. The summed E-state index contributed by atoms with van der Waals surface area (Å²) in [6.45, 7) is 3.98. The predicted octanol–water partition coefficient (Wildman–Crippen LogP) is -0.148. The Kier molecular flexibility index (Phi) is 7.27. The molecule has 1 amide bonds. The molecule has 0 aromatic rings. The summed E-state index contributed by atoms with van der Waals surface area (Å²) in [5.74, 6) is -3.20. The van der Waals surface area contributed by atoms with Crippen LogP contribution in [0.1, 0.15) is 33.6 Å². The van der Waals surface area contributed by atoms with E-state index < -0.39 is 42.6 Å². The number of ether oxygens (including phenoxy) is 2. The van der Waals surface area contributed by atoms with Gasteiger partial charge in [0.25, 0.3) is 5.91 Å². The lowest BCUT2D eigenvalue weighted by Crippen LogP contribution is -2.33. The van der Waals surface area contributed by atoms with Crippen molar-refractivity contribution in [3.63, 3.8) is 0 Å². The first kappa shape index (κ1) is 17.9. The molecule has 0 heterocycles. The second kappa shape index (κ2) is 8.13. The van der Waals surface area contributed by atoms with Crippen molar-refractivity contribution < 1.29 is 33.8 Å². The number of carboxylic acid groups (broad SMARTS) is 1. The normalized spacial score (nSPS) is 10.6. The summed E-state index contributed by atoms with van der Waals surface area (Å²) in [7, 11) is 0. The van der Waals surface area contributed by atoms with Gasteiger partial charge in [0, 0.05) is 0 Å². The fourth-order valence-electron chi connectivity index (χ4n) is 1.04. The van der Waals surface area contributed by atoms with Crippen molar-refractivity contribution in [3.05, 3.63) is 0 Å². The summed E-state index contributed by atoms with van der Waals surface area (Å²) in [5, 5.41) is 10.3. The van der Waals surface area contributed by atoms with Crippen molar-refractivity contribution >= 4 is 23.8 Å². The summed E-state index contributed by atoms with van der Waals surface area (Å²) < 4.78 is 9.55. The summed E-state index contributed by atoms with van der Waals surface area (Å²) in [6.07, 6.45) is -0.353. The van der Waals surface area contributed by atoms with Crippen molar-refractivity contribution in [2.24, 2.45) is 0 Å². The monoisotopic (exact) mass is 289 g/mol. The molecule has 0 aliphatic rings. The molecule has 0 aromatic carbocycles. The third kappa shape index (κ3) is 11.0. The van der Waals surface area contributed by atoms with Crippen molar-refractivity contribution in [2.75, 3.05) is 13.2 Å². The van der Waals surface area contributed by atoms with Gasteiger partial charge < -0.3 is 19.9 Å². The Hall–Kier alpha value is -2.12. The second-order valence-electron chi connectivity index (χ2n) is 4.92. The number of carbonyl (C=O) groups is 4. The van der Waals surface area contributed by atoms with Gasteiger partial charge in [-0.05, 0) is 20.8 Å². The van der Waals surface area contributed by atoms with Crippen molar-refractivity contribution in [1.82, 2.24) is 5.32 Å². The van der Waals surface area contributed by atoms with Crippen LogP contribution in [0.2, 0.25) is 0 Å². The second-order valence-corrected chi connectivity index (χ2v) is 4.92. The van der Waals surface area contributed by atoms with Gasteiger partial charge in [0.2, 0.25) is 0 Å². The highest BCUT2D eigenvalue weighted by Crippen LogP contribution is 2.09. The van der Waals surface area contributed by atoms with E-state index in [0.29, 0.717) is 0 Å². The zero-order chi connectivity index (χ0) is 15.8. The number of amides is 1. The zero-order valence-corrected chi connectivity index (χ0v) is 11.7. The van der Waals surface area contributed by atoms with Crippen molar-refractivity contribution in [2.45, 2.75) is 39.2 Å². The average molecular weight is 289 g/mol. The quantitative estimate of drug-likeness (QED) is 0.625. The Bertz CT molecular complexity index is 384. The average Bonchev–Trinajstić information content (AvgIpc) is 2.29. The molecule has 0 bridgehead atoms. The molecule has 8 nitrogen and oxygen atoms in total. The lowest BCUT2D eigenvalue weighted by atomic mass is 10.2. The Morgan fingerprint density at radius 1 is 1.05 bits per heavy atom. The molecule has 8 heteroatoms. The molecule has 0 aromatic heterocycles. The van der Waals surface area contributed by atoms with Gasteiger partial charge in [-0.2, -0.15) is 0 Å². The topological polar surface area (TPSA) is 119 Å². The Morgan fingerprint density at radius 2 is 1.60 bits per heavy atom. The molecule has 0 saturated carbocycles. The van der Waals surface area contributed by atoms with E-state index in [1.54, 1.807) is 20.8 Å². The van der Waals surface area contributed by atoms with Crippen LogP contribution in [0.25, 0.3) is 0 Å². The van der Waals surface area contributed by atoms with Gasteiger partial charge in [0.15, 0.2) is 6.61 Å². The molecule has 0 saturated heterocycles. The van der Waals surface area contributed by atoms with Gasteiger partial charge in [0.1, 0.15) is 12.1 Å². The van der Waals surface area contributed by atoms with E-state index in [0.717, 1.165) is 0 Å².